The van der Waals surface area contributed by atoms with Gasteiger partial charge in [0.15, 0.2) is 0 Å². The van der Waals surface area contributed by atoms with Crippen molar-refractivity contribution in [2.24, 2.45) is 0 Å². The summed E-state index contributed by atoms with van der Waals surface area (Å²) in [7, 11) is 1.65. The average Bonchev–Trinajstić information content (AvgIpc) is 3.20. The predicted molar refractivity (Wildman–Crippen MR) is 90.7 cm³/mol. The zero-order valence-corrected chi connectivity index (χ0v) is 13.1. The fourth-order valence-corrected chi connectivity index (χ4v) is 2.72. The lowest BCUT2D eigenvalue weighted by Crippen LogP contribution is -1.86. The van der Waals surface area contributed by atoms with E-state index in [0.29, 0.717) is 5.02 Å². The number of rotatable bonds is 3. The van der Waals surface area contributed by atoms with Crippen LogP contribution in [0.4, 0.5) is 0 Å². The summed E-state index contributed by atoms with van der Waals surface area (Å²) < 4.78 is 5.20. The smallest absolute Gasteiger partial charge is 0.142 e. The molecule has 0 amide bonds. The van der Waals surface area contributed by atoms with Crippen molar-refractivity contribution >= 4 is 22.6 Å². The van der Waals surface area contributed by atoms with Gasteiger partial charge in [-0.05, 0) is 42.5 Å². The average molecular weight is 325 g/mol. The molecule has 0 saturated carbocycles. The number of methoxy groups -OCH3 is 1. The van der Waals surface area contributed by atoms with Gasteiger partial charge in [0.1, 0.15) is 11.6 Å². The Hall–Kier alpha value is -2.79. The number of ether oxygens (including phenoxy) is 1. The zero-order valence-electron chi connectivity index (χ0n) is 12.3. The highest BCUT2D eigenvalue weighted by Crippen LogP contribution is 2.31. The van der Waals surface area contributed by atoms with Gasteiger partial charge < -0.3 is 9.72 Å². The first-order valence-corrected chi connectivity index (χ1v) is 7.46. The number of hydrogen-bond donors (Lipinski definition) is 2. The molecule has 2 aromatic carbocycles. The molecule has 0 unspecified atom stereocenters. The summed E-state index contributed by atoms with van der Waals surface area (Å²) in [6.45, 7) is 0. The molecular formula is C17H13ClN4O. The van der Waals surface area contributed by atoms with E-state index in [4.69, 9.17) is 16.3 Å². The summed E-state index contributed by atoms with van der Waals surface area (Å²) >= 11 is 6.03. The Morgan fingerprint density at radius 3 is 2.70 bits per heavy atom. The third kappa shape index (κ3) is 2.45. The van der Waals surface area contributed by atoms with Crippen LogP contribution in [0, 0.1) is 0 Å². The SMILES string of the molecule is COc1ccc(-c2[nH]ncc2-c2nc3ccc(Cl)cc3[nH]2)cc1. The van der Waals surface area contributed by atoms with Crippen molar-refractivity contribution in [2.75, 3.05) is 7.11 Å². The molecule has 0 spiro atoms. The number of H-pyrrole nitrogens is 2. The molecule has 6 heteroatoms. The van der Waals surface area contributed by atoms with Gasteiger partial charge in [0.25, 0.3) is 0 Å². The fraction of sp³-hybridized carbons (Fsp3) is 0.0588. The molecule has 23 heavy (non-hydrogen) atoms. The summed E-state index contributed by atoms with van der Waals surface area (Å²) in [5.41, 5.74) is 4.58. The molecule has 0 bridgehead atoms. The van der Waals surface area contributed by atoms with Crippen LogP contribution in [0.1, 0.15) is 0 Å². The van der Waals surface area contributed by atoms with Crippen LogP contribution in [-0.4, -0.2) is 27.3 Å². The van der Waals surface area contributed by atoms with Crippen LogP contribution in [0.2, 0.25) is 5.02 Å². The molecule has 0 fully saturated rings. The Labute approximate surface area is 137 Å². The first-order chi connectivity index (χ1) is 11.2. The Bertz CT molecular complexity index is 972. The van der Waals surface area contributed by atoms with Gasteiger partial charge >= 0.3 is 0 Å². The van der Waals surface area contributed by atoms with Gasteiger partial charge in [-0.3, -0.25) is 5.10 Å². The standard InChI is InChI=1S/C17H13ClN4O/c1-23-12-5-2-10(3-6-12)16-13(9-19-22-16)17-20-14-7-4-11(18)8-15(14)21-17/h2-9H,1H3,(H,19,22)(H,20,21). The molecule has 4 aromatic rings. The highest BCUT2D eigenvalue weighted by Gasteiger charge is 2.14. The van der Waals surface area contributed by atoms with Crippen molar-refractivity contribution in [3.8, 4) is 28.4 Å². The third-order valence-corrected chi connectivity index (χ3v) is 3.95. The van der Waals surface area contributed by atoms with Gasteiger partial charge in [-0.1, -0.05) is 11.6 Å². The van der Waals surface area contributed by atoms with E-state index in [1.54, 1.807) is 13.3 Å². The number of aromatic nitrogens is 4. The van der Waals surface area contributed by atoms with Gasteiger partial charge in [-0.2, -0.15) is 5.10 Å². The van der Waals surface area contributed by atoms with Gasteiger partial charge in [0.05, 0.1) is 35.6 Å². The van der Waals surface area contributed by atoms with Gasteiger partial charge in [0, 0.05) is 10.6 Å². The molecule has 2 aromatic heterocycles. The van der Waals surface area contributed by atoms with Crippen LogP contribution in [0.15, 0.2) is 48.7 Å². The number of fused-ring (bicyclic) bond motifs is 1. The number of imidazole rings is 1. The van der Waals surface area contributed by atoms with E-state index in [0.717, 1.165) is 39.4 Å². The largest absolute Gasteiger partial charge is 0.497 e. The van der Waals surface area contributed by atoms with Crippen molar-refractivity contribution in [3.05, 3.63) is 53.7 Å². The van der Waals surface area contributed by atoms with Crippen LogP contribution < -0.4 is 4.74 Å². The lowest BCUT2D eigenvalue weighted by atomic mass is 10.1. The molecule has 5 nitrogen and oxygen atoms in total. The number of nitrogens with zero attached hydrogens (tertiary/aromatic N) is 2. The predicted octanol–water partition coefficient (Wildman–Crippen LogP) is 4.28. The molecule has 0 atom stereocenters. The molecule has 0 aliphatic rings. The van der Waals surface area contributed by atoms with Crippen LogP contribution in [0.3, 0.4) is 0 Å². The summed E-state index contributed by atoms with van der Waals surface area (Å²) in [6.07, 6.45) is 1.76. The maximum atomic E-state index is 6.03. The van der Waals surface area contributed by atoms with E-state index in [1.165, 1.54) is 0 Å². The van der Waals surface area contributed by atoms with Crippen molar-refractivity contribution in [3.63, 3.8) is 0 Å². The molecule has 0 aliphatic heterocycles. The quantitative estimate of drug-likeness (QED) is 0.591. The van der Waals surface area contributed by atoms with E-state index < -0.39 is 0 Å². The number of aromatic amines is 2. The van der Waals surface area contributed by atoms with Crippen molar-refractivity contribution in [2.45, 2.75) is 0 Å². The number of benzene rings is 2. The normalized spacial score (nSPS) is 11.0. The van der Waals surface area contributed by atoms with Crippen molar-refractivity contribution < 1.29 is 4.74 Å². The lowest BCUT2D eigenvalue weighted by molar-refractivity contribution is 0.415. The Kier molecular flexibility index (Phi) is 3.28. The summed E-state index contributed by atoms with van der Waals surface area (Å²) in [5, 5.41) is 7.88. The zero-order chi connectivity index (χ0) is 15.8. The molecule has 0 saturated heterocycles. The van der Waals surface area contributed by atoms with Crippen LogP contribution in [-0.2, 0) is 0 Å². The minimum absolute atomic E-state index is 0.676. The second kappa shape index (κ2) is 5.44. The topological polar surface area (TPSA) is 66.6 Å². The second-order valence-corrected chi connectivity index (χ2v) is 5.57. The molecular weight excluding hydrogens is 312 g/mol. The van der Waals surface area contributed by atoms with Crippen LogP contribution in [0.25, 0.3) is 33.7 Å². The first-order valence-electron chi connectivity index (χ1n) is 7.08. The van der Waals surface area contributed by atoms with E-state index in [1.807, 2.05) is 42.5 Å². The summed E-state index contributed by atoms with van der Waals surface area (Å²) in [4.78, 5) is 7.91. The van der Waals surface area contributed by atoms with E-state index >= 15 is 0 Å². The Morgan fingerprint density at radius 2 is 1.91 bits per heavy atom. The van der Waals surface area contributed by atoms with E-state index in [9.17, 15) is 0 Å². The number of nitrogens with one attached hydrogen (secondary N) is 2. The summed E-state index contributed by atoms with van der Waals surface area (Å²) in [5.74, 6) is 1.56. The Balaban J connectivity index is 1.81. The molecule has 4 rings (SSSR count). The lowest BCUT2D eigenvalue weighted by Gasteiger charge is -2.03. The maximum Gasteiger partial charge on any atom is 0.142 e. The van der Waals surface area contributed by atoms with Crippen molar-refractivity contribution in [1.82, 2.24) is 20.2 Å². The van der Waals surface area contributed by atoms with Gasteiger partial charge in [-0.15, -0.1) is 0 Å². The highest BCUT2D eigenvalue weighted by atomic mass is 35.5. The first kappa shape index (κ1) is 13.8. The minimum atomic E-state index is 0.676. The van der Waals surface area contributed by atoms with E-state index in [-0.39, 0.29) is 0 Å². The van der Waals surface area contributed by atoms with E-state index in [2.05, 4.69) is 20.2 Å². The fourth-order valence-electron chi connectivity index (χ4n) is 2.55. The van der Waals surface area contributed by atoms with Crippen LogP contribution in [0.5, 0.6) is 5.75 Å². The van der Waals surface area contributed by atoms with Gasteiger partial charge in [-0.25, -0.2) is 4.98 Å². The van der Waals surface area contributed by atoms with Crippen LogP contribution >= 0.6 is 11.6 Å². The van der Waals surface area contributed by atoms with Crippen molar-refractivity contribution in [1.29, 1.82) is 0 Å². The molecule has 2 N–H and O–H groups in total. The summed E-state index contributed by atoms with van der Waals surface area (Å²) in [6, 6.07) is 13.4. The third-order valence-electron chi connectivity index (χ3n) is 3.72. The molecule has 0 aliphatic carbocycles. The highest BCUT2D eigenvalue weighted by molar-refractivity contribution is 6.31. The monoisotopic (exact) mass is 324 g/mol. The maximum absolute atomic E-state index is 6.03. The molecule has 0 radical (unpaired) electrons. The molecule has 114 valence electrons. The number of hydrogen-bond acceptors (Lipinski definition) is 3. The van der Waals surface area contributed by atoms with Gasteiger partial charge in [0.2, 0.25) is 0 Å². The molecule has 2 heterocycles. The number of halogens is 1. The Morgan fingerprint density at radius 1 is 1.09 bits per heavy atom. The second-order valence-electron chi connectivity index (χ2n) is 5.13. The minimum Gasteiger partial charge on any atom is -0.497 e.